The molecular weight excluding hydrogens is 236 g/mol. The molecule has 0 aromatic heterocycles. The summed E-state index contributed by atoms with van der Waals surface area (Å²) in [5, 5.41) is 0. The molecule has 2 rings (SSSR count). The predicted molar refractivity (Wildman–Crippen MR) is 74.8 cm³/mol. The summed E-state index contributed by atoms with van der Waals surface area (Å²) in [5.41, 5.74) is 1.28. The van der Waals surface area contributed by atoms with Crippen LogP contribution in [0.3, 0.4) is 0 Å². The second-order valence-electron chi connectivity index (χ2n) is 4.03. The third-order valence-corrected chi connectivity index (χ3v) is 4.06. The Bertz CT molecular complexity index is 416. The Kier molecular flexibility index (Phi) is 3.21. The van der Waals surface area contributed by atoms with Crippen molar-refractivity contribution in [2.24, 2.45) is 0 Å². The van der Waals surface area contributed by atoms with E-state index in [0.717, 1.165) is 16.5 Å². The van der Waals surface area contributed by atoms with Gasteiger partial charge >= 0.3 is 0 Å². The van der Waals surface area contributed by atoms with E-state index in [4.69, 9.17) is 24.4 Å². The molecule has 1 atom stereocenters. The molecule has 1 aromatic rings. The lowest BCUT2D eigenvalue weighted by Gasteiger charge is -2.40. The molecule has 2 nitrogen and oxygen atoms in total. The number of benzene rings is 1. The first kappa shape index (κ1) is 11.5. The number of hydrogen-bond acceptors (Lipinski definition) is 2. The molecule has 0 aliphatic carbocycles. The first-order valence-corrected chi connectivity index (χ1v) is 6.00. The van der Waals surface area contributed by atoms with Crippen LogP contribution in [0, 0.1) is 0 Å². The highest BCUT2D eigenvalue weighted by atomic mass is 32.1. The van der Waals surface area contributed by atoms with Gasteiger partial charge in [0.15, 0.2) is 0 Å². The van der Waals surface area contributed by atoms with Gasteiger partial charge < -0.3 is 9.80 Å². The number of piperazine rings is 1. The van der Waals surface area contributed by atoms with Crippen molar-refractivity contribution < 1.29 is 0 Å². The highest BCUT2D eigenvalue weighted by Crippen LogP contribution is 2.25. The van der Waals surface area contributed by atoms with Gasteiger partial charge in [0.2, 0.25) is 0 Å². The molecule has 0 unspecified atom stereocenters. The monoisotopic (exact) mass is 250 g/mol. The van der Waals surface area contributed by atoms with E-state index in [1.807, 2.05) is 20.2 Å². The van der Waals surface area contributed by atoms with Crippen LogP contribution >= 0.6 is 24.4 Å². The van der Waals surface area contributed by atoms with Crippen LogP contribution in [0.2, 0.25) is 0 Å². The average Bonchev–Trinajstić information content (AvgIpc) is 2.32. The van der Waals surface area contributed by atoms with Crippen LogP contribution in [0.5, 0.6) is 0 Å². The minimum absolute atomic E-state index is 0.297. The summed E-state index contributed by atoms with van der Waals surface area (Å²) in [6, 6.07) is 10.7. The molecule has 0 N–H and O–H groups in total. The molecule has 0 amide bonds. The molecule has 4 heteroatoms. The Morgan fingerprint density at radius 2 is 1.69 bits per heavy atom. The Morgan fingerprint density at radius 3 is 2.31 bits per heavy atom. The molecule has 1 aliphatic heterocycles. The van der Waals surface area contributed by atoms with Gasteiger partial charge in [-0.15, -0.1) is 0 Å². The van der Waals surface area contributed by atoms with Gasteiger partial charge in [0.1, 0.15) is 9.98 Å². The van der Waals surface area contributed by atoms with Gasteiger partial charge in [-0.05, 0) is 5.56 Å². The fraction of sp³-hybridized carbons (Fsp3) is 0.333. The van der Waals surface area contributed by atoms with Crippen LogP contribution in [0.1, 0.15) is 11.6 Å². The molecule has 0 radical (unpaired) electrons. The Labute approximate surface area is 107 Å². The fourth-order valence-electron chi connectivity index (χ4n) is 1.92. The smallest absolute Gasteiger partial charge is 0.137 e. The fourth-order valence-corrected chi connectivity index (χ4v) is 2.43. The van der Waals surface area contributed by atoms with Gasteiger partial charge in [-0.3, -0.25) is 0 Å². The largest absolute Gasteiger partial charge is 0.361 e. The second-order valence-corrected chi connectivity index (χ2v) is 4.80. The highest BCUT2D eigenvalue weighted by Gasteiger charge is 2.29. The quantitative estimate of drug-likeness (QED) is 0.705. The van der Waals surface area contributed by atoms with Crippen molar-refractivity contribution in [2.45, 2.75) is 6.04 Å². The molecule has 1 saturated heterocycles. The standard InChI is InChI=1S/C12H14N2S2/c1-13-8-10(9-6-4-3-5-7-9)14(2)12(16)11(13)15/h3-7,10H,8H2,1-2H3/t10-/m0/s1. The van der Waals surface area contributed by atoms with Gasteiger partial charge in [0.25, 0.3) is 0 Å². The van der Waals surface area contributed by atoms with E-state index in [1.54, 1.807) is 0 Å². The maximum atomic E-state index is 5.35. The third kappa shape index (κ3) is 1.95. The first-order chi connectivity index (χ1) is 7.61. The summed E-state index contributed by atoms with van der Waals surface area (Å²) in [5.74, 6) is 0. The van der Waals surface area contributed by atoms with E-state index in [-0.39, 0.29) is 0 Å². The van der Waals surface area contributed by atoms with E-state index in [0.29, 0.717) is 6.04 Å². The molecule has 1 fully saturated rings. The number of rotatable bonds is 1. The maximum absolute atomic E-state index is 5.35. The van der Waals surface area contributed by atoms with Gasteiger partial charge in [0, 0.05) is 20.6 Å². The summed E-state index contributed by atoms with van der Waals surface area (Å²) in [6.45, 7) is 0.888. The van der Waals surface area contributed by atoms with Crippen LogP contribution in [-0.4, -0.2) is 40.4 Å². The van der Waals surface area contributed by atoms with E-state index in [2.05, 4.69) is 34.1 Å². The molecule has 16 heavy (non-hydrogen) atoms. The average molecular weight is 250 g/mol. The number of nitrogens with zero attached hydrogens (tertiary/aromatic N) is 2. The molecular formula is C12H14N2S2. The first-order valence-electron chi connectivity index (χ1n) is 5.18. The van der Waals surface area contributed by atoms with Gasteiger partial charge in [-0.2, -0.15) is 0 Å². The lowest BCUT2D eigenvalue weighted by Crippen LogP contribution is -2.51. The minimum Gasteiger partial charge on any atom is -0.361 e. The lowest BCUT2D eigenvalue weighted by atomic mass is 10.0. The maximum Gasteiger partial charge on any atom is 0.137 e. The molecule has 1 aliphatic rings. The van der Waals surface area contributed by atoms with Gasteiger partial charge in [-0.25, -0.2) is 0 Å². The lowest BCUT2D eigenvalue weighted by molar-refractivity contribution is 0.295. The summed E-state index contributed by atoms with van der Waals surface area (Å²) < 4.78 is 0. The van der Waals surface area contributed by atoms with E-state index in [1.165, 1.54) is 5.56 Å². The summed E-state index contributed by atoms with van der Waals surface area (Å²) in [6.07, 6.45) is 0. The van der Waals surface area contributed by atoms with Crippen LogP contribution in [-0.2, 0) is 0 Å². The SMILES string of the molecule is CN1C[C@@H](c2ccccc2)N(C)C(=S)C1=S. The normalized spacial score (nSPS) is 21.5. The van der Waals surface area contributed by atoms with Crippen molar-refractivity contribution in [1.82, 2.24) is 9.80 Å². The van der Waals surface area contributed by atoms with Crippen molar-refractivity contribution in [3.8, 4) is 0 Å². The minimum atomic E-state index is 0.297. The van der Waals surface area contributed by atoms with Crippen molar-refractivity contribution in [3.05, 3.63) is 35.9 Å². The molecule has 1 aromatic carbocycles. The second kappa shape index (κ2) is 4.47. The van der Waals surface area contributed by atoms with Gasteiger partial charge in [0.05, 0.1) is 6.04 Å². The van der Waals surface area contributed by atoms with Crippen molar-refractivity contribution >= 4 is 34.4 Å². The zero-order valence-corrected chi connectivity index (χ0v) is 11.0. The van der Waals surface area contributed by atoms with Gasteiger partial charge in [-0.1, -0.05) is 54.8 Å². The summed E-state index contributed by atoms with van der Waals surface area (Å²) in [4.78, 5) is 5.67. The summed E-state index contributed by atoms with van der Waals surface area (Å²) in [7, 11) is 4.01. The molecule has 0 saturated carbocycles. The van der Waals surface area contributed by atoms with Crippen molar-refractivity contribution in [2.75, 3.05) is 20.6 Å². The highest BCUT2D eigenvalue weighted by molar-refractivity contribution is 7.89. The Balaban J connectivity index is 2.30. The van der Waals surface area contributed by atoms with E-state index in [9.17, 15) is 0 Å². The Hall–Kier alpha value is -1.00. The molecule has 84 valence electrons. The summed E-state index contributed by atoms with van der Waals surface area (Å²) >= 11 is 10.6. The Morgan fingerprint density at radius 1 is 1.06 bits per heavy atom. The van der Waals surface area contributed by atoms with Crippen molar-refractivity contribution in [1.29, 1.82) is 0 Å². The zero-order valence-electron chi connectivity index (χ0n) is 9.38. The van der Waals surface area contributed by atoms with Crippen LogP contribution in [0.4, 0.5) is 0 Å². The van der Waals surface area contributed by atoms with Crippen molar-refractivity contribution in [3.63, 3.8) is 0 Å². The van der Waals surface area contributed by atoms with E-state index >= 15 is 0 Å². The van der Waals surface area contributed by atoms with E-state index < -0.39 is 0 Å². The molecule has 1 heterocycles. The zero-order chi connectivity index (χ0) is 11.7. The third-order valence-electron chi connectivity index (χ3n) is 2.95. The van der Waals surface area contributed by atoms with Crippen LogP contribution in [0.15, 0.2) is 30.3 Å². The topological polar surface area (TPSA) is 6.48 Å². The number of thiocarbonyl (C=S) groups is 2. The predicted octanol–water partition coefficient (Wildman–Crippen LogP) is 2.26. The van der Waals surface area contributed by atoms with Crippen LogP contribution < -0.4 is 0 Å². The molecule has 0 spiro atoms. The van der Waals surface area contributed by atoms with Crippen LogP contribution in [0.25, 0.3) is 0 Å². The number of hydrogen-bond donors (Lipinski definition) is 0. The molecule has 0 bridgehead atoms. The number of likely N-dealkylation sites (N-methyl/N-ethyl adjacent to an activating group) is 2.